The van der Waals surface area contributed by atoms with Gasteiger partial charge in [0.15, 0.2) is 0 Å². The minimum Gasteiger partial charge on any atom is -0.326 e. The molecule has 0 amide bonds. The summed E-state index contributed by atoms with van der Waals surface area (Å²) in [4.78, 5) is 22.2. The lowest BCUT2D eigenvalue weighted by Gasteiger charge is -2.03. The van der Waals surface area contributed by atoms with Gasteiger partial charge < -0.3 is 4.98 Å². The summed E-state index contributed by atoms with van der Waals surface area (Å²) < 4.78 is 36.0. The Morgan fingerprint density at radius 3 is 2.46 bits per heavy atom. The molecule has 0 bridgehead atoms. The Balaban J connectivity index is 3.36. The summed E-state index contributed by atoms with van der Waals surface area (Å²) in [7, 11) is 0. The SMILES string of the molecule is O=Nc1c[nH]c(=O)c(C(F)(F)F)c1. The fraction of sp³-hybridized carbons (Fsp3) is 0.167. The minimum absolute atomic E-state index is 0.395. The van der Waals surface area contributed by atoms with Gasteiger partial charge in [0, 0.05) is 6.20 Å². The number of hydrogen-bond donors (Lipinski definition) is 1. The topological polar surface area (TPSA) is 62.3 Å². The van der Waals surface area contributed by atoms with Crippen LogP contribution in [-0.2, 0) is 6.18 Å². The van der Waals surface area contributed by atoms with E-state index in [9.17, 15) is 22.9 Å². The maximum Gasteiger partial charge on any atom is 0.421 e. The molecule has 1 aromatic rings. The molecule has 0 unspecified atom stereocenters. The monoisotopic (exact) mass is 192 g/mol. The third-order valence-electron chi connectivity index (χ3n) is 1.30. The van der Waals surface area contributed by atoms with E-state index in [1.165, 1.54) is 0 Å². The lowest BCUT2D eigenvalue weighted by molar-refractivity contribution is -0.138. The second-order valence-electron chi connectivity index (χ2n) is 2.19. The summed E-state index contributed by atoms with van der Waals surface area (Å²) in [5.41, 5.74) is -3.18. The number of alkyl halides is 3. The molecule has 1 aromatic heterocycles. The van der Waals surface area contributed by atoms with Crippen LogP contribution in [0.4, 0.5) is 18.9 Å². The van der Waals surface area contributed by atoms with E-state index in [0.717, 1.165) is 6.20 Å². The van der Waals surface area contributed by atoms with Crippen molar-refractivity contribution in [2.45, 2.75) is 6.18 Å². The molecule has 0 spiro atoms. The Labute approximate surface area is 69.4 Å². The summed E-state index contributed by atoms with van der Waals surface area (Å²) in [6, 6.07) is 0.395. The number of halogens is 3. The van der Waals surface area contributed by atoms with Crippen molar-refractivity contribution in [2.24, 2.45) is 5.18 Å². The van der Waals surface area contributed by atoms with Gasteiger partial charge in [0.1, 0.15) is 11.3 Å². The van der Waals surface area contributed by atoms with Gasteiger partial charge in [0.05, 0.1) is 0 Å². The van der Waals surface area contributed by atoms with Crippen LogP contribution in [0.25, 0.3) is 0 Å². The van der Waals surface area contributed by atoms with Gasteiger partial charge in [-0.2, -0.15) is 13.2 Å². The van der Waals surface area contributed by atoms with Crippen molar-refractivity contribution in [3.8, 4) is 0 Å². The van der Waals surface area contributed by atoms with Crippen molar-refractivity contribution >= 4 is 5.69 Å². The molecular formula is C6H3F3N2O2. The molecule has 7 heteroatoms. The van der Waals surface area contributed by atoms with E-state index in [-0.39, 0.29) is 0 Å². The highest BCUT2D eigenvalue weighted by Crippen LogP contribution is 2.27. The van der Waals surface area contributed by atoms with Gasteiger partial charge in [0.2, 0.25) is 0 Å². The zero-order chi connectivity index (χ0) is 10.1. The highest BCUT2D eigenvalue weighted by molar-refractivity contribution is 5.37. The standard InChI is InChI=1S/C6H3F3N2O2/c7-6(8,9)4-1-3(11-13)2-10-5(4)12/h1-2H,(H,10,12). The van der Waals surface area contributed by atoms with E-state index >= 15 is 0 Å². The molecule has 0 aliphatic carbocycles. The fourth-order valence-corrected chi connectivity index (χ4v) is 0.736. The maximum absolute atomic E-state index is 12.0. The van der Waals surface area contributed by atoms with Gasteiger partial charge in [0.25, 0.3) is 5.56 Å². The first-order valence-electron chi connectivity index (χ1n) is 3.08. The third kappa shape index (κ3) is 1.92. The van der Waals surface area contributed by atoms with Gasteiger partial charge in [-0.1, -0.05) is 0 Å². The molecule has 0 aromatic carbocycles. The zero-order valence-electron chi connectivity index (χ0n) is 6.05. The molecule has 0 atom stereocenters. The summed E-state index contributed by atoms with van der Waals surface area (Å²) in [6.45, 7) is 0. The van der Waals surface area contributed by atoms with Crippen molar-refractivity contribution in [1.29, 1.82) is 0 Å². The third-order valence-corrected chi connectivity index (χ3v) is 1.30. The van der Waals surface area contributed by atoms with Gasteiger partial charge in [-0.25, -0.2) is 0 Å². The number of hydrogen-bond acceptors (Lipinski definition) is 3. The quantitative estimate of drug-likeness (QED) is 0.689. The molecule has 0 saturated carbocycles. The highest BCUT2D eigenvalue weighted by Gasteiger charge is 2.34. The van der Waals surface area contributed by atoms with Gasteiger partial charge >= 0.3 is 6.18 Å². The van der Waals surface area contributed by atoms with Crippen LogP contribution in [0.15, 0.2) is 22.2 Å². The molecule has 13 heavy (non-hydrogen) atoms. The number of aromatic nitrogens is 1. The average Bonchev–Trinajstić information content (AvgIpc) is 2.03. The predicted molar refractivity (Wildman–Crippen MR) is 37.5 cm³/mol. The van der Waals surface area contributed by atoms with Crippen LogP contribution in [0, 0.1) is 4.91 Å². The summed E-state index contributed by atoms with van der Waals surface area (Å²) >= 11 is 0. The molecular weight excluding hydrogens is 189 g/mol. The number of nitrogens with one attached hydrogen (secondary N) is 1. The average molecular weight is 192 g/mol. The van der Waals surface area contributed by atoms with Crippen LogP contribution in [0.1, 0.15) is 5.56 Å². The number of rotatable bonds is 1. The van der Waals surface area contributed by atoms with Crippen molar-refractivity contribution < 1.29 is 13.2 Å². The molecule has 70 valence electrons. The van der Waals surface area contributed by atoms with Gasteiger partial charge in [-0.15, -0.1) is 4.91 Å². The second-order valence-corrected chi connectivity index (χ2v) is 2.19. The number of H-pyrrole nitrogens is 1. The Morgan fingerprint density at radius 2 is 2.00 bits per heavy atom. The van der Waals surface area contributed by atoms with Crippen molar-refractivity contribution in [2.75, 3.05) is 0 Å². The molecule has 0 radical (unpaired) electrons. The van der Waals surface area contributed by atoms with E-state index < -0.39 is 23.0 Å². The Kier molecular flexibility index (Phi) is 2.18. The van der Waals surface area contributed by atoms with E-state index in [1.807, 2.05) is 0 Å². The summed E-state index contributed by atoms with van der Waals surface area (Å²) in [5.74, 6) is 0. The molecule has 0 saturated heterocycles. The van der Waals surface area contributed by atoms with Crippen LogP contribution < -0.4 is 5.56 Å². The van der Waals surface area contributed by atoms with Crippen molar-refractivity contribution in [1.82, 2.24) is 4.98 Å². The maximum atomic E-state index is 12.0. The number of nitroso groups, excluding NO2 is 1. The first-order valence-corrected chi connectivity index (χ1v) is 3.08. The number of pyridine rings is 1. The Bertz CT molecular complexity index is 382. The highest BCUT2D eigenvalue weighted by atomic mass is 19.4. The first kappa shape index (κ1) is 9.43. The summed E-state index contributed by atoms with van der Waals surface area (Å²) in [5, 5.41) is 2.27. The normalized spacial score (nSPS) is 11.3. The zero-order valence-corrected chi connectivity index (χ0v) is 6.05. The number of nitrogens with zero attached hydrogens (tertiary/aromatic N) is 1. The fourth-order valence-electron chi connectivity index (χ4n) is 0.736. The van der Waals surface area contributed by atoms with E-state index in [1.54, 1.807) is 4.98 Å². The largest absolute Gasteiger partial charge is 0.421 e. The van der Waals surface area contributed by atoms with Gasteiger partial charge in [-0.05, 0) is 11.2 Å². The van der Waals surface area contributed by atoms with E-state index in [2.05, 4.69) is 5.18 Å². The molecule has 1 N–H and O–H groups in total. The lowest BCUT2D eigenvalue weighted by Crippen LogP contribution is -2.20. The molecule has 1 rings (SSSR count). The second kappa shape index (κ2) is 3.00. The Morgan fingerprint density at radius 1 is 1.38 bits per heavy atom. The Hall–Kier alpha value is -1.66. The van der Waals surface area contributed by atoms with Crippen LogP contribution in [0.3, 0.4) is 0 Å². The van der Waals surface area contributed by atoms with E-state index in [0.29, 0.717) is 6.07 Å². The minimum atomic E-state index is -4.77. The molecule has 0 fully saturated rings. The van der Waals surface area contributed by atoms with Gasteiger partial charge in [-0.3, -0.25) is 4.79 Å². The van der Waals surface area contributed by atoms with Crippen LogP contribution >= 0.6 is 0 Å². The first-order chi connectivity index (χ1) is 5.95. The van der Waals surface area contributed by atoms with E-state index in [4.69, 9.17) is 0 Å². The molecule has 0 aliphatic rings. The summed E-state index contributed by atoms with van der Waals surface area (Å²) in [6.07, 6.45) is -3.96. The smallest absolute Gasteiger partial charge is 0.326 e. The van der Waals surface area contributed by atoms with Crippen molar-refractivity contribution in [3.63, 3.8) is 0 Å². The molecule has 4 nitrogen and oxygen atoms in total. The van der Waals surface area contributed by atoms with Crippen LogP contribution in [-0.4, -0.2) is 4.98 Å². The lowest BCUT2D eigenvalue weighted by atomic mass is 10.2. The van der Waals surface area contributed by atoms with Crippen LogP contribution in [0.5, 0.6) is 0 Å². The van der Waals surface area contributed by atoms with Crippen LogP contribution in [0.2, 0.25) is 0 Å². The number of aromatic amines is 1. The molecule has 1 heterocycles. The van der Waals surface area contributed by atoms with Crippen molar-refractivity contribution in [3.05, 3.63) is 33.1 Å². The predicted octanol–water partition coefficient (Wildman–Crippen LogP) is 1.79. The molecule has 0 aliphatic heterocycles.